The van der Waals surface area contributed by atoms with Crippen LogP contribution in [-0.2, 0) is 12.8 Å². The van der Waals surface area contributed by atoms with E-state index in [1.165, 1.54) is 6.07 Å². The minimum atomic E-state index is -0.255. The molecule has 130 valence electrons. The highest BCUT2D eigenvalue weighted by atomic mass is 19.1. The second kappa shape index (κ2) is 6.92. The molecule has 0 radical (unpaired) electrons. The number of aromatic nitrogens is 4. The fourth-order valence-corrected chi connectivity index (χ4v) is 3.11. The van der Waals surface area contributed by atoms with Crippen LogP contribution in [0.15, 0.2) is 61.1 Å². The third-order valence-corrected chi connectivity index (χ3v) is 4.41. The van der Waals surface area contributed by atoms with E-state index in [1.807, 2.05) is 34.7 Å². The number of hydrogen-bond acceptors (Lipinski definition) is 4. The van der Waals surface area contributed by atoms with Crippen LogP contribution in [0.2, 0.25) is 0 Å². The molecule has 3 heterocycles. The molecule has 0 aliphatic heterocycles. The zero-order chi connectivity index (χ0) is 17.9. The number of pyridine rings is 2. The molecule has 0 atom stereocenters. The van der Waals surface area contributed by atoms with Gasteiger partial charge in [-0.3, -0.25) is 9.38 Å². The van der Waals surface area contributed by atoms with Crippen molar-refractivity contribution in [2.75, 3.05) is 7.11 Å². The molecule has 0 aliphatic carbocycles. The molecule has 6 heteroatoms. The van der Waals surface area contributed by atoms with Crippen molar-refractivity contribution in [2.45, 2.75) is 12.8 Å². The standard InChI is InChI=1S/C20H17FN4O/c1-26-19-7-4-5-17(21)15(19)10-8-14-9-11-16(18-6-2-3-12-22-18)20-24-23-13-25(14)20/h2-7,9,11-13H,8,10H2,1H3. The fourth-order valence-electron chi connectivity index (χ4n) is 3.11. The zero-order valence-electron chi connectivity index (χ0n) is 14.3. The summed E-state index contributed by atoms with van der Waals surface area (Å²) in [6.45, 7) is 0. The molecule has 5 nitrogen and oxygen atoms in total. The fraction of sp³-hybridized carbons (Fsp3) is 0.150. The number of halogens is 1. The van der Waals surface area contributed by atoms with Crippen molar-refractivity contribution < 1.29 is 9.13 Å². The van der Waals surface area contributed by atoms with E-state index in [4.69, 9.17) is 4.74 Å². The lowest BCUT2D eigenvalue weighted by atomic mass is 10.0. The smallest absolute Gasteiger partial charge is 0.170 e. The minimum absolute atomic E-state index is 0.255. The number of fused-ring (bicyclic) bond motifs is 1. The summed E-state index contributed by atoms with van der Waals surface area (Å²) in [7, 11) is 1.55. The van der Waals surface area contributed by atoms with Crippen LogP contribution < -0.4 is 4.74 Å². The number of aryl methyl sites for hydroxylation is 1. The number of methoxy groups -OCH3 is 1. The first kappa shape index (κ1) is 16.2. The second-order valence-corrected chi connectivity index (χ2v) is 5.90. The molecular weight excluding hydrogens is 331 g/mol. The maximum atomic E-state index is 14.2. The largest absolute Gasteiger partial charge is 0.496 e. The SMILES string of the molecule is COc1cccc(F)c1CCc1ccc(-c2ccccn2)c2nncn12. The minimum Gasteiger partial charge on any atom is -0.496 e. The van der Waals surface area contributed by atoms with Gasteiger partial charge in [-0.25, -0.2) is 4.39 Å². The van der Waals surface area contributed by atoms with Gasteiger partial charge in [0.15, 0.2) is 5.65 Å². The molecule has 0 bridgehead atoms. The lowest BCUT2D eigenvalue weighted by molar-refractivity contribution is 0.404. The van der Waals surface area contributed by atoms with E-state index < -0.39 is 0 Å². The molecule has 0 saturated heterocycles. The van der Waals surface area contributed by atoms with Crippen molar-refractivity contribution in [3.63, 3.8) is 0 Å². The first-order chi connectivity index (χ1) is 12.8. The zero-order valence-corrected chi connectivity index (χ0v) is 14.3. The van der Waals surface area contributed by atoms with E-state index >= 15 is 0 Å². The van der Waals surface area contributed by atoms with E-state index in [0.29, 0.717) is 24.2 Å². The summed E-state index contributed by atoms with van der Waals surface area (Å²) >= 11 is 0. The predicted octanol–water partition coefficient (Wildman–Crippen LogP) is 3.72. The number of benzene rings is 1. The summed E-state index contributed by atoms with van der Waals surface area (Å²) in [5, 5.41) is 8.28. The van der Waals surface area contributed by atoms with Gasteiger partial charge in [0.2, 0.25) is 0 Å². The van der Waals surface area contributed by atoms with E-state index in [0.717, 1.165) is 22.6 Å². The van der Waals surface area contributed by atoms with Crippen LogP contribution in [0.25, 0.3) is 16.9 Å². The summed E-state index contributed by atoms with van der Waals surface area (Å²) in [4.78, 5) is 4.39. The Morgan fingerprint density at radius 1 is 1.04 bits per heavy atom. The van der Waals surface area contributed by atoms with Gasteiger partial charge >= 0.3 is 0 Å². The molecule has 0 saturated carbocycles. The maximum absolute atomic E-state index is 14.2. The van der Waals surface area contributed by atoms with Crippen LogP contribution in [-0.4, -0.2) is 26.7 Å². The first-order valence-corrected chi connectivity index (χ1v) is 8.32. The van der Waals surface area contributed by atoms with Gasteiger partial charge in [0.25, 0.3) is 0 Å². The van der Waals surface area contributed by atoms with E-state index in [9.17, 15) is 4.39 Å². The van der Waals surface area contributed by atoms with Crippen molar-refractivity contribution in [1.29, 1.82) is 0 Å². The topological polar surface area (TPSA) is 52.3 Å². The molecule has 1 aromatic carbocycles. The van der Waals surface area contributed by atoms with Crippen LogP contribution in [0.4, 0.5) is 4.39 Å². The summed E-state index contributed by atoms with van der Waals surface area (Å²) in [5.41, 5.74) is 4.06. The number of rotatable bonds is 5. The molecule has 0 amide bonds. The summed E-state index contributed by atoms with van der Waals surface area (Å²) in [6, 6.07) is 14.6. The third kappa shape index (κ3) is 2.90. The molecule has 4 aromatic rings. The number of hydrogen-bond donors (Lipinski definition) is 0. The lowest BCUT2D eigenvalue weighted by Crippen LogP contribution is -2.03. The van der Waals surface area contributed by atoms with Crippen LogP contribution in [0.3, 0.4) is 0 Å². The Bertz CT molecular complexity index is 1050. The van der Waals surface area contributed by atoms with Crippen molar-refractivity contribution in [1.82, 2.24) is 19.6 Å². The average molecular weight is 348 g/mol. The Labute approximate surface area is 150 Å². The van der Waals surface area contributed by atoms with Gasteiger partial charge in [-0.1, -0.05) is 12.1 Å². The summed E-state index contributed by atoms with van der Waals surface area (Å²) < 4.78 is 21.4. The Balaban J connectivity index is 1.68. The average Bonchev–Trinajstić information content (AvgIpc) is 3.17. The van der Waals surface area contributed by atoms with Crippen LogP contribution in [0.5, 0.6) is 5.75 Å². The highest BCUT2D eigenvalue weighted by Crippen LogP contribution is 2.25. The van der Waals surface area contributed by atoms with Gasteiger partial charge in [-0.15, -0.1) is 10.2 Å². The summed E-state index contributed by atoms with van der Waals surface area (Å²) in [5.74, 6) is 0.310. The Hall–Kier alpha value is -3.28. The van der Waals surface area contributed by atoms with Crippen LogP contribution in [0, 0.1) is 5.82 Å². The summed E-state index contributed by atoms with van der Waals surface area (Å²) in [6.07, 6.45) is 4.58. The van der Waals surface area contributed by atoms with Crippen molar-refractivity contribution in [3.8, 4) is 17.0 Å². The molecule has 26 heavy (non-hydrogen) atoms. The van der Waals surface area contributed by atoms with Gasteiger partial charge in [-0.05, 0) is 49.2 Å². The highest BCUT2D eigenvalue weighted by Gasteiger charge is 2.13. The van der Waals surface area contributed by atoms with Crippen LogP contribution in [0.1, 0.15) is 11.3 Å². The monoisotopic (exact) mass is 348 g/mol. The molecule has 4 rings (SSSR count). The van der Waals surface area contributed by atoms with Gasteiger partial charge in [0, 0.05) is 23.0 Å². The van der Waals surface area contributed by atoms with Gasteiger partial charge in [0.1, 0.15) is 17.9 Å². The van der Waals surface area contributed by atoms with Gasteiger partial charge < -0.3 is 4.74 Å². The van der Waals surface area contributed by atoms with Crippen LogP contribution >= 0.6 is 0 Å². The molecule has 0 fully saturated rings. The van der Waals surface area contributed by atoms with E-state index in [1.54, 1.807) is 31.8 Å². The molecule has 0 N–H and O–H groups in total. The highest BCUT2D eigenvalue weighted by molar-refractivity contribution is 5.74. The third-order valence-electron chi connectivity index (χ3n) is 4.41. The molecule has 0 spiro atoms. The van der Waals surface area contributed by atoms with E-state index in [2.05, 4.69) is 15.2 Å². The van der Waals surface area contributed by atoms with Crippen molar-refractivity contribution in [2.24, 2.45) is 0 Å². The van der Waals surface area contributed by atoms with E-state index in [-0.39, 0.29) is 5.82 Å². The van der Waals surface area contributed by atoms with Gasteiger partial charge in [-0.2, -0.15) is 0 Å². The normalized spacial score (nSPS) is 11.0. The van der Waals surface area contributed by atoms with Gasteiger partial charge in [0.05, 0.1) is 12.8 Å². The predicted molar refractivity (Wildman–Crippen MR) is 96.6 cm³/mol. The Morgan fingerprint density at radius 3 is 2.77 bits per heavy atom. The Kier molecular flexibility index (Phi) is 4.31. The van der Waals surface area contributed by atoms with Crippen molar-refractivity contribution >= 4 is 5.65 Å². The number of nitrogens with zero attached hydrogens (tertiary/aromatic N) is 4. The molecule has 3 aromatic heterocycles. The Morgan fingerprint density at radius 2 is 1.96 bits per heavy atom. The quantitative estimate of drug-likeness (QED) is 0.551. The lowest BCUT2D eigenvalue weighted by Gasteiger charge is -2.11. The second-order valence-electron chi connectivity index (χ2n) is 5.90. The first-order valence-electron chi connectivity index (χ1n) is 8.32. The number of ether oxygens (including phenoxy) is 1. The molecular formula is C20H17FN4O. The molecule has 0 aliphatic rings. The molecule has 0 unspecified atom stereocenters. The van der Waals surface area contributed by atoms with Crippen molar-refractivity contribution in [3.05, 3.63) is 78.1 Å². The maximum Gasteiger partial charge on any atom is 0.170 e.